The maximum absolute atomic E-state index is 11.9. The molecule has 0 aliphatic rings. The van der Waals surface area contributed by atoms with Crippen LogP contribution in [-0.4, -0.2) is 31.6 Å². The van der Waals surface area contributed by atoms with Gasteiger partial charge in [-0.2, -0.15) is 0 Å². The SMILES string of the molecule is CCOCC(=O)NNC(=O)c1cccc(OCC(C)C)c1. The van der Waals surface area contributed by atoms with Gasteiger partial charge >= 0.3 is 0 Å². The maximum Gasteiger partial charge on any atom is 0.269 e. The monoisotopic (exact) mass is 294 g/mol. The van der Waals surface area contributed by atoms with E-state index >= 15 is 0 Å². The number of carbonyl (C=O) groups excluding carboxylic acids is 2. The van der Waals surface area contributed by atoms with Gasteiger partial charge in [0.25, 0.3) is 11.8 Å². The maximum atomic E-state index is 11.9. The third-order valence-electron chi connectivity index (χ3n) is 2.43. The van der Waals surface area contributed by atoms with Crippen LogP contribution in [0.3, 0.4) is 0 Å². The first-order chi connectivity index (χ1) is 10.0. The van der Waals surface area contributed by atoms with E-state index in [1.165, 1.54) is 0 Å². The van der Waals surface area contributed by atoms with Crippen molar-refractivity contribution in [2.24, 2.45) is 5.92 Å². The molecule has 0 unspecified atom stereocenters. The molecule has 0 atom stereocenters. The Hall–Kier alpha value is -2.08. The molecule has 6 nitrogen and oxygen atoms in total. The molecular formula is C15H22N2O4. The Bertz CT molecular complexity index is 474. The lowest BCUT2D eigenvalue weighted by Gasteiger charge is -2.10. The highest BCUT2D eigenvalue weighted by atomic mass is 16.5. The molecule has 0 spiro atoms. The molecule has 116 valence electrons. The van der Waals surface area contributed by atoms with Gasteiger partial charge < -0.3 is 9.47 Å². The van der Waals surface area contributed by atoms with Crippen molar-refractivity contribution in [2.75, 3.05) is 19.8 Å². The van der Waals surface area contributed by atoms with Crippen LogP contribution < -0.4 is 15.6 Å². The lowest BCUT2D eigenvalue weighted by molar-refractivity contribution is -0.126. The molecule has 0 heterocycles. The first-order valence-corrected chi connectivity index (χ1v) is 6.92. The number of hydrazine groups is 1. The summed E-state index contributed by atoms with van der Waals surface area (Å²) in [6, 6.07) is 6.79. The minimum atomic E-state index is -0.408. The fourth-order valence-corrected chi connectivity index (χ4v) is 1.42. The van der Waals surface area contributed by atoms with Gasteiger partial charge in [0.2, 0.25) is 0 Å². The van der Waals surface area contributed by atoms with Crippen LogP contribution in [0.2, 0.25) is 0 Å². The molecule has 2 N–H and O–H groups in total. The van der Waals surface area contributed by atoms with Gasteiger partial charge in [0.15, 0.2) is 0 Å². The van der Waals surface area contributed by atoms with Crippen LogP contribution >= 0.6 is 0 Å². The van der Waals surface area contributed by atoms with Crippen molar-refractivity contribution in [3.8, 4) is 5.75 Å². The second-order valence-electron chi connectivity index (χ2n) is 4.87. The van der Waals surface area contributed by atoms with E-state index in [1.807, 2.05) is 13.8 Å². The van der Waals surface area contributed by atoms with Crippen molar-refractivity contribution in [3.63, 3.8) is 0 Å². The Kier molecular flexibility index (Phi) is 7.25. The molecule has 0 fully saturated rings. The number of ether oxygens (including phenoxy) is 2. The zero-order valence-corrected chi connectivity index (χ0v) is 12.6. The van der Waals surface area contributed by atoms with E-state index in [4.69, 9.17) is 9.47 Å². The molecule has 0 saturated carbocycles. The molecule has 1 aromatic carbocycles. The summed E-state index contributed by atoms with van der Waals surface area (Å²) in [4.78, 5) is 23.2. The van der Waals surface area contributed by atoms with Crippen molar-refractivity contribution in [1.29, 1.82) is 0 Å². The van der Waals surface area contributed by atoms with Crippen LogP contribution in [0.25, 0.3) is 0 Å². The molecule has 0 aromatic heterocycles. The predicted molar refractivity (Wildman–Crippen MR) is 78.9 cm³/mol. The number of carbonyl (C=O) groups is 2. The summed E-state index contributed by atoms with van der Waals surface area (Å²) in [5.41, 5.74) is 5.02. The largest absolute Gasteiger partial charge is 0.493 e. The van der Waals surface area contributed by atoms with E-state index in [0.29, 0.717) is 30.4 Å². The fraction of sp³-hybridized carbons (Fsp3) is 0.467. The summed E-state index contributed by atoms with van der Waals surface area (Å²) < 4.78 is 10.5. The average Bonchev–Trinajstić information content (AvgIpc) is 2.48. The fourth-order valence-electron chi connectivity index (χ4n) is 1.42. The average molecular weight is 294 g/mol. The van der Waals surface area contributed by atoms with Crippen molar-refractivity contribution < 1.29 is 19.1 Å². The number of nitrogens with one attached hydrogen (secondary N) is 2. The molecule has 0 radical (unpaired) electrons. The first-order valence-electron chi connectivity index (χ1n) is 6.92. The standard InChI is InChI=1S/C15H22N2O4/c1-4-20-10-14(18)16-17-15(19)12-6-5-7-13(8-12)21-9-11(2)3/h5-8,11H,4,9-10H2,1-3H3,(H,16,18)(H,17,19). The molecule has 0 saturated heterocycles. The predicted octanol–water partition coefficient (Wildman–Crippen LogP) is 1.52. The highest BCUT2D eigenvalue weighted by molar-refractivity contribution is 5.95. The smallest absolute Gasteiger partial charge is 0.269 e. The van der Waals surface area contributed by atoms with Gasteiger partial charge in [-0.05, 0) is 31.0 Å². The van der Waals surface area contributed by atoms with E-state index in [2.05, 4.69) is 10.9 Å². The second kappa shape index (κ2) is 8.97. The Morgan fingerprint density at radius 2 is 2.00 bits per heavy atom. The van der Waals surface area contributed by atoms with Crippen LogP contribution in [0.1, 0.15) is 31.1 Å². The van der Waals surface area contributed by atoms with Crippen molar-refractivity contribution in [1.82, 2.24) is 10.9 Å². The van der Waals surface area contributed by atoms with Crippen LogP contribution in [0, 0.1) is 5.92 Å². The molecule has 1 rings (SSSR count). The molecule has 21 heavy (non-hydrogen) atoms. The highest BCUT2D eigenvalue weighted by Crippen LogP contribution is 2.14. The van der Waals surface area contributed by atoms with Crippen LogP contribution in [0.5, 0.6) is 5.75 Å². The molecule has 1 aromatic rings. The van der Waals surface area contributed by atoms with Gasteiger partial charge in [0.05, 0.1) is 6.61 Å². The second-order valence-corrected chi connectivity index (χ2v) is 4.87. The Balaban J connectivity index is 2.50. The number of benzene rings is 1. The molecule has 0 bridgehead atoms. The third kappa shape index (κ3) is 6.76. The van der Waals surface area contributed by atoms with Crippen LogP contribution in [0.15, 0.2) is 24.3 Å². The van der Waals surface area contributed by atoms with E-state index in [-0.39, 0.29) is 6.61 Å². The summed E-state index contributed by atoms with van der Waals surface area (Å²) in [5.74, 6) is 0.213. The zero-order chi connectivity index (χ0) is 15.7. The van der Waals surface area contributed by atoms with E-state index < -0.39 is 11.8 Å². The molecule has 0 aliphatic carbocycles. The van der Waals surface area contributed by atoms with Gasteiger partial charge in [-0.1, -0.05) is 19.9 Å². The molecule has 2 amide bonds. The summed E-state index contributed by atoms with van der Waals surface area (Å²) >= 11 is 0. The molecule has 0 aliphatic heterocycles. The van der Waals surface area contributed by atoms with Gasteiger partial charge in [0.1, 0.15) is 12.4 Å². The van der Waals surface area contributed by atoms with Crippen molar-refractivity contribution >= 4 is 11.8 Å². The number of hydrogen-bond acceptors (Lipinski definition) is 4. The van der Waals surface area contributed by atoms with E-state index in [1.54, 1.807) is 31.2 Å². The summed E-state index contributed by atoms with van der Waals surface area (Å²) in [6.07, 6.45) is 0. The number of amides is 2. The molecular weight excluding hydrogens is 272 g/mol. The number of hydrogen-bond donors (Lipinski definition) is 2. The van der Waals surface area contributed by atoms with Gasteiger partial charge in [0, 0.05) is 12.2 Å². The quantitative estimate of drug-likeness (QED) is 0.748. The van der Waals surface area contributed by atoms with Crippen molar-refractivity contribution in [3.05, 3.63) is 29.8 Å². The Morgan fingerprint density at radius 1 is 1.24 bits per heavy atom. The zero-order valence-electron chi connectivity index (χ0n) is 12.6. The molecule has 6 heteroatoms. The third-order valence-corrected chi connectivity index (χ3v) is 2.43. The lowest BCUT2D eigenvalue weighted by Crippen LogP contribution is -2.43. The van der Waals surface area contributed by atoms with Crippen LogP contribution in [0.4, 0.5) is 0 Å². The van der Waals surface area contributed by atoms with Crippen LogP contribution in [-0.2, 0) is 9.53 Å². The minimum absolute atomic E-state index is 0.0890. The summed E-state index contributed by atoms with van der Waals surface area (Å²) in [6.45, 7) is 6.81. The van der Waals surface area contributed by atoms with Gasteiger partial charge in [-0.25, -0.2) is 0 Å². The topological polar surface area (TPSA) is 76.7 Å². The van der Waals surface area contributed by atoms with Gasteiger partial charge in [-0.15, -0.1) is 0 Å². The Labute approximate surface area is 124 Å². The lowest BCUT2D eigenvalue weighted by atomic mass is 10.2. The van der Waals surface area contributed by atoms with Crippen molar-refractivity contribution in [2.45, 2.75) is 20.8 Å². The highest BCUT2D eigenvalue weighted by Gasteiger charge is 2.08. The Morgan fingerprint density at radius 3 is 2.67 bits per heavy atom. The minimum Gasteiger partial charge on any atom is -0.493 e. The normalized spacial score (nSPS) is 10.3. The first kappa shape index (κ1) is 17.0. The summed E-state index contributed by atoms with van der Waals surface area (Å²) in [7, 11) is 0. The number of rotatable bonds is 7. The van der Waals surface area contributed by atoms with E-state index in [9.17, 15) is 9.59 Å². The van der Waals surface area contributed by atoms with E-state index in [0.717, 1.165) is 0 Å². The summed E-state index contributed by atoms with van der Waals surface area (Å²) in [5, 5.41) is 0. The van der Waals surface area contributed by atoms with Gasteiger partial charge in [-0.3, -0.25) is 20.4 Å².